The Labute approximate surface area is 154 Å². The highest BCUT2D eigenvalue weighted by Gasteiger charge is 2.14. The van der Waals surface area contributed by atoms with Crippen molar-refractivity contribution >= 4 is 28.9 Å². The van der Waals surface area contributed by atoms with Crippen molar-refractivity contribution in [2.75, 3.05) is 42.9 Å². The molecule has 0 fully saturated rings. The van der Waals surface area contributed by atoms with Crippen LogP contribution in [-0.4, -0.2) is 39.6 Å². The summed E-state index contributed by atoms with van der Waals surface area (Å²) in [5, 5.41) is 2.82. The Kier molecular flexibility index (Phi) is 6.60. The van der Waals surface area contributed by atoms with E-state index in [1.807, 2.05) is 55.4 Å². The van der Waals surface area contributed by atoms with Crippen molar-refractivity contribution in [2.45, 2.75) is 13.3 Å². The fourth-order valence-corrected chi connectivity index (χ4v) is 2.57. The van der Waals surface area contributed by atoms with Crippen molar-refractivity contribution in [3.8, 4) is 5.75 Å². The number of ether oxygens (including phenoxy) is 1. The molecule has 0 unspecified atom stereocenters. The summed E-state index contributed by atoms with van der Waals surface area (Å²) in [7, 11) is 5.47. The summed E-state index contributed by atoms with van der Waals surface area (Å²) in [5.74, 6) is 0.321. The SMILES string of the molecule is COc1ccccc1NC(=O)CCN(C(C)=O)c1ccc(N(C)C)cc1. The second-order valence-electron chi connectivity index (χ2n) is 6.08. The monoisotopic (exact) mass is 355 g/mol. The average Bonchev–Trinajstić information content (AvgIpc) is 2.62. The minimum atomic E-state index is -0.175. The number of methoxy groups -OCH3 is 1. The number of nitrogens with zero attached hydrogens (tertiary/aromatic N) is 2. The molecule has 2 rings (SSSR count). The highest BCUT2D eigenvalue weighted by molar-refractivity contribution is 5.95. The molecule has 6 heteroatoms. The fraction of sp³-hybridized carbons (Fsp3) is 0.300. The molecule has 0 saturated heterocycles. The van der Waals surface area contributed by atoms with E-state index in [-0.39, 0.29) is 18.2 Å². The van der Waals surface area contributed by atoms with Gasteiger partial charge < -0.3 is 19.9 Å². The normalized spacial score (nSPS) is 10.2. The van der Waals surface area contributed by atoms with E-state index in [0.29, 0.717) is 18.0 Å². The fourth-order valence-electron chi connectivity index (χ4n) is 2.57. The Morgan fingerprint density at radius 2 is 1.62 bits per heavy atom. The van der Waals surface area contributed by atoms with E-state index in [1.165, 1.54) is 6.92 Å². The summed E-state index contributed by atoms with van der Waals surface area (Å²) < 4.78 is 5.23. The molecule has 6 nitrogen and oxygen atoms in total. The number of anilines is 3. The maximum atomic E-state index is 12.3. The van der Waals surface area contributed by atoms with Gasteiger partial charge in [0.1, 0.15) is 5.75 Å². The average molecular weight is 355 g/mol. The Balaban J connectivity index is 2.02. The van der Waals surface area contributed by atoms with Crippen LogP contribution < -0.4 is 19.9 Å². The zero-order valence-corrected chi connectivity index (χ0v) is 15.7. The van der Waals surface area contributed by atoms with E-state index >= 15 is 0 Å². The summed E-state index contributed by atoms with van der Waals surface area (Å²) in [6.07, 6.45) is 0.188. The first-order valence-electron chi connectivity index (χ1n) is 8.40. The molecule has 0 aliphatic rings. The van der Waals surface area contributed by atoms with E-state index in [9.17, 15) is 9.59 Å². The molecule has 0 radical (unpaired) electrons. The summed E-state index contributed by atoms with van der Waals surface area (Å²) in [4.78, 5) is 27.9. The first kappa shape index (κ1) is 19.3. The third kappa shape index (κ3) is 4.99. The van der Waals surface area contributed by atoms with Gasteiger partial charge >= 0.3 is 0 Å². The Morgan fingerprint density at radius 3 is 2.19 bits per heavy atom. The number of amides is 2. The maximum Gasteiger partial charge on any atom is 0.226 e. The predicted molar refractivity (Wildman–Crippen MR) is 105 cm³/mol. The number of carbonyl (C=O) groups excluding carboxylic acids is 2. The molecule has 2 aromatic rings. The number of rotatable bonds is 7. The molecule has 2 amide bonds. The number of hydrogen-bond acceptors (Lipinski definition) is 4. The zero-order valence-electron chi connectivity index (χ0n) is 15.7. The first-order valence-corrected chi connectivity index (χ1v) is 8.40. The van der Waals surface area contributed by atoms with Crippen LogP contribution in [0, 0.1) is 0 Å². The Hall–Kier alpha value is -3.02. The van der Waals surface area contributed by atoms with Crippen LogP contribution in [0.1, 0.15) is 13.3 Å². The third-order valence-corrected chi connectivity index (χ3v) is 4.00. The van der Waals surface area contributed by atoms with Gasteiger partial charge in [0.15, 0.2) is 0 Å². The molecule has 26 heavy (non-hydrogen) atoms. The Morgan fingerprint density at radius 1 is 1.00 bits per heavy atom. The number of hydrogen-bond donors (Lipinski definition) is 1. The largest absolute Gasteiger partial charge is 0.495 e. The smallest absolute Gasteiger partial charge is 0.226 e. The van der Waals surface area contributed by atoms with Gasteiger partial charge in [-0.05, 0) is 36.4 Å². The lowest BCUT2D eigenvalue weighted by Crippen LogP contribution is -2.32. The van der Waals surface area contributed by atoms with Crippen LogP contribution in [0.25, 0.3) is 0 Å². The molecule has 138 valence electrons. The van der Waals surface area contributed by atoms with Gasteiger partial charge in [-0.25, -0.2) is 0 Å². The van der Waals surface area contributed by atoms with E-state index in [1.54, 1.807) is 24.1 Å². The first-order chi connectivity index (χ1) is 12.4. The van der Waals surface area contributed by atoms with Gasteiger partial charge in [-0.1, -0.05) is 12.1 Å². The molecule has 0 atom stereocenters. The number of nitrogens with one attached hydrogen (secondary N) is 1. The number of benzene rings is 2. The molecule has 0 saturated carbocycles. The van der Waals surface area contributed by atoms with E-state index in [0.717, 1.165) is 11.4 Å². The maximum absolute atomic E-state index is 12.3. The molecule has 0 spiro atoms. The van der Waals surface area contributed by atoms with Gasteiger partial charge in [-0.2, -0.15) is 0 Å². The van der Waals surface area contributed by atoms with Crippen LogP contribution in [0.15, 0.2) is 48.5 Å². The highest BCUT2D eigenvalue weighted by Crippen LogP contribution is 2.23. The molecular formula is C20H25N3O3. The lowest BCUT2D eigenvalue weighted by atomic mass is 10.2. The minimum Gasteiger partial charge on any atom is -0.495 e. The topological polar surface area (TPSA) is 61.9 Å². The van der Waals surface area contributed by atoms with Crippen molar-refractivity contribution in [2.24, 2.45) is 0 Å². The van der Waals surface area contributed by atoms with Crippen molar-refractivity contribution in [3.05, 3.63) is 48.5 Å². The van der Waals surface area contributed by atoms with Gasteiger partial charge in [0.25, 0.3) is 0 Å². The molecule has 0 bridgehead atoms. The second kappa shape index (κ2) is 8.89. The lowest BCUT2D eigenvalue weighted by Gasteiger charge is -2.22. The quantitative estimate of drug-likeness (QED) is 0.829. The molecule has 0 aromatic heterocycles. The Bertz CT molecular complexity index is 757. The molecule has 2 aromatic carbocycles. The van der Waals surface area contributed by atoms with Crippen molar-refractivity contribution < 1.29 is 14.3 Å². The van der Waals surface area contributed by atoms with Crippen molar-refractivity contribution in [1.29, 1.82) is 0 Å². The highest BCUT2D eigenvalue weighted by atomic mass is 16.5. The second-order valence-corrected chi connectivity index (χ2v) is 6.08. The molecule has 0 heterocycles. The third-order valence-electron chi connectivity index (χ3n) is 4.00. The summed E-state index contributed by atoms with van der Waals surface area (Å²) >= 11 is 0. The number of para-hydroxylation sites is 2. The summed E-state index contributed by atoms with van der Waals surface area (Å²) in [6, 6.07) is 14.9. The summed E-state index contributed by atoms with van der Waals surface area (Å²) in [6.45, 7) is 1.80. The predicted octanol–water partition coefficient (Wildman–Crippen LogP) is 3.14. The van der Waals surface area contributed by atoms with Gasteiger partial charge in [-0.15, -0.1) is 0 Å². The van der Waals surface area contributed by atoms with Crippen LogP contribution in [0.2, 0.25) is 0 Å². The van der Waals surface area contributed by atoms with Crippen LogP contribution in [0.3, 0.4) is 0 Å². The van der Waals surface area contributed by atoms with Crippen LogP contribution in [-0.2, 0) is 9.59 Å². The minimum absolute atomic E-state index is 0.104. The van der Waals surface area contributed by atoms with Gasteiger partial charge in [0.05, 0.1) is 12.8 Å². The van der Waals surface area contributed by atoms with E-state index in [4.69, 9.17) is 4.74 Å². The van der Waals surface area contributed by atoms with Gasteiger partial charge in [-0.3, -0.25) is 9.59 Å². The van der Waals surface area contributed by atoms with E-state index < -0.39 is 0 Å². The number of carbonyl (C=O) groups is 2. The van der Waals surface area contributed by atoms with E-state index in [2.05, 4.69) is 5.32 Å². The van der Waals surface area contributed by atoms with Crippen molar-refractivity contribution in [1.82, 2.24) is 0 Å². The van der Waals surface area contributed by atoms with Gasteiger partial charge in [0.2, 0.25) is 11.8 Å². The zero-order chi connectivity index (χ0) is 19.1. The van der Waals surface area contributed by atoms with Crippen LogP contribution in [0.5, 0.6) is 5.75 Å². The molecule has 0 aliphatic carbocycles. The molecule has 0 aliphatic heterocycles. The van der Waals surface area contributed by atoms with Crippen molar-refractivity contribution in [3.63, 3.8) is 0 Å². The van der Waals surface area contributed by atoms with Gasteiger partial charge in [0, 0.05) is 45.4 Å². The van der Waals surface area contributed by atoms with Crippen LogP contribution >= 0.6 is 0 Å². The molecule has 1 N–H and O–H groups in total. The van der Waals surface area contributed by atoms with Crippen LogP contribution in [0.4, 0.5) is 17.1 Å². The standard InChI is InChI=1S/C20H25N3O3/c1-15(24)23(17-11-9-16(10-12-17)22(2)3)14-13-20(25)21-18-7-5-6-8-19(18)26-4/h5-12H,13-14H2,1-4H3,(H,21,25). The molecular weight excluding hydrogens is 330 g/mol. The lowest BCUT2D eigenvalue weighted by molar-refractivity contribution is -0.117. The summed E-state index contributed by atoms with van der Waals surface area (Å²) in [5.41, 5.74) is 2.43.